The van der Waals surface area contributed by atoms with Crippen molar-refractivity contribution in [1.82, 2.24) is 0 Å². The highest BCUT2D eigenvalue weighted by atomic mass is 79.9. The van der Waals surface area contributed by atoms with Crippen LogP contribution in [0.5, 0.6) is 5.75 Å². The highest BCUT2D eigenvalue weighted by molar-refractivity contribution is 9.10. The molecule has 3 heteroatoms. The number of benzene rings is 1. The molecule has 0 spiro atoms. The van der Waals surface area contributed by atoms with Crippen LogP contribution >= 0.6 is 15.9 Å². The average Bonchev–Trinajstić information content (AvgIpc) is 2.17. The molecule has 14 heavy (non-hydrogen) atoms. The van der Waals surface area contributed by atoms with Crippen molar-refractivity contribution in [2.45, 2.75) is 19.4 Å². The summed E-state index contributed by atoms with van der Waals surface area (Å²) < 4.78 is 11.7. The lowest BCUT2D eigenvalue weighted by atomic mass is 9.97. The molecular weight excluding hydrogens is 244 g/mol. The third-order valence-corrected chi connectivity index (χ3v) is 2.82. The van der Waals surface area contributed by atoms with Crippen LogP contribution in [0.1, 0.15) is 19.4 Å². The second kappa shape index (κ2) is 4.32. The van der Waals surface area contributed by atoms with Gasteiger partial charge in [0.15, 0.2) is 0 Å². The molecule has 0 aliphatic rings. The van der Waals surface area contributed by atoms with E-state index >= 15 is 0 Å². The van der Waals surface area contributed by atoms with Crippen LogP contribution in [-0.2, 0) is 10.3 Å². The maximum atomic E-state index is 5.41. The van der Waals surface area contributed by atoms with E-state index in [0.717, 1.165) is 15.8 Å². The van der Waals surface area contributed by atoms with E-state index in [2.05, 4.69) is 15.9 Å². The molecule has 0 aromatic heterocycles. The zero-order valence-electron chi connectivity index (χ0n) is 8.93. The van der Waals surface area contributed by atoms with Crippen LogP contribution in [-0.4, -0.2) is 14.2 Å². The highest BCUT2D eigenvalue weighted by Gasteiger charge is 2.23. The molecule has 1 aromatic rings. The Labute approximate surface area is 93.4 Å². The molecule has 0 aliphatic heterocycles. The van der Waals surface area contributed by atoms with Gasteiger partial charge in [0.25, 0.3) is 0 Å². The number of hydrogen-bond donors (Lipinski definition) is 0. The molecule has 0 bridgehead atoms. The molecule has 0 atom stereocenters. The predicted octanol–water partition coefficient (Wildman–Crippen LogP) is 3.34. The Hall–Kier alpha value is -0.540. The van der Waals surface area contributed by atoms with E-state index < -0.39 is 0 Å². The monoisotopic (exact) mass is 258 g/mol. The van der Waals surface area contributed by atoms with E-state index in [1.165, 1.54) is 0 Å². The van der Waals surface area contributed by atoms with Crippen LogP contribution in [0.2, 0.25) is 0 Å². The van der Waals surface area contributed by atoms with Gasteiger partial charge in [-0.15, -0.1) is 0 Å². The van der Waals surface area contributed by atoms with Crippen LogP contribution in [0.4, 0.5) is 0 Å². The number of halogens is 1. The van der Waals surface area contributed by atoms with E-state index in [1.54, 1.807) is 14.2 Å². The number of methoxy groups -OCH3 is 2. The lowest BCUT2D eigenvalue weighted by Gasteiger charge is -2.25. The van der Waals surface area contributed by atoms with E-state index in [4.69, 9.17) is 9.47 Å². The summed E-state index contributed by atoms with van der Waals surface area (Å²) in [5, 5.41) is 0. The molecule has 1 aromatic carbocycles. The minimum absolute atomic E-state index is 0.327. The second-order valence-electron chi connectivity index (χ2n) is 3.56. The first-order chi connectivity index (χ1) is 6.51. The molecule has 0 heterocycles. The van der Waals surface area contributed by atoms with Gasteiger partial charge in [-0.2, -0.15) is 0 Å². The average molecular weight is 259 g/mol. The molecule has 0 saturated carbocycles. The van der Waals surface area contributed by atoms with E-state index in [0.29, 0.717) is 0 Å². The van der Waals surface area contributed by atoms with Gasteiger partial charge in [0.1, 0.15) is 5.75 Å². The highest BCUT2D eigenvalue weighted by Crippen LogP contribution is 2.33. The van der Waals surface area contributed by atoms with Gasteiger partial charge in [0.05, 0.1) is 12.7 Å². The van der Waals surface area contributed by atoms with Gasteiger partial charge in [-0.1, -0.05) is 22.0 Å². The summed E-state index contributed by atoms with van der Waals surface area (Å²) >= 11 is 3.40. The minimum atomic E-state index is -0.327. The van der Waals surface area contributed by atoms with Crippen molar-refractivity contribution in [3.05, 3.63) is 28.2 Å². The fourth-order valence-electron chi connectivity index (χ4n) is 1.27. The minimum Gasteiger partial charge on any atom is -0.496 e. The van der Waals surface area contributed by atoms with Crippen molar-refractivity contribution in [3.63, 3.8) is 0 Å². The van der Waals surface area contributed by atoms with Crippen LogP contribution in [0, 0.1) is 0 Å². The van der Waals surface area contributed by atoms with Crippen molar-refractivity contribution < 1.29 is 9.47 Å². The van der Waals surface area contributed by atoms with Crippen LogP contribution in [0.25, 0.3) is 0 Å². The van der Waals surface area contributed by atoms with E-state index in [9.17, 15) is 0 Å². The third kappa shape index (κ3) is 2.28. The van der Waals surface area contributed by atoms with Crippen molar-refractivity contribution >= 4 is 15.9 Å². The van der Waals surface area contributed by atoms with E-state index in [-0.39, 0.29) is 5.60 Å². The molecule has 1 rings (SSSR count). The van der Waals surface area contributed by atoms with Crippen molar-refractivity contribution in [2.75, 3.05) is 14.2 Å². The summed E-state index contributed by atoms with van der Waals surface area (Å²) in [6, 6.07) is 5.93. The zero-order valence-corrected chi connectivity index (χ0v) is 10.5. The summed E-state index contributed by atoms with van der Waals surface area (Å²) in [6.45, 7) is 4.03. The van der Waals surface area contributed by atoms with Crippen LogP contribution in [0.15, 0.2) is 22.7 Å². The van der Waals surface area contributed by atoms with Crippen molar-refractivity contribution in [2.24, 2.45) is 0 Å². The van der Waals surface area contributed by atoms with Gasteiger partial charge < -0.3 is 9.47 Å². The summed E-state index contributed by atoms with van der Waals surface area (Å²) in [5.41, 5.74) is 0.720. The standard InChI is InChI=1S/C11H15BrO2/c1-11(2,14-4)9-6-5-8(12)7-10(9)13-3/h5-7H,1-4H3. The maximum Gasteiger partial charge on any atom is 0.126 e. The van der Waals surface area contributed by atoms with Crippen LogP contribution < -0.4 is 4.74 Å². The Morgan fingerprint density at radius 3 is 2.36 bits per heavy atom. The summed E-state index contributed by atoms with van der Waals surface area (Å²) in [7, 11) is 3.36. The quantitative estimate of drug-likeness (QED) is 0.828. The number of rotatable bonds is 3. The molecule has 0 saturated heterocycles. The Balaban J connectivity index is 3.20. The molecule has 0 fully saturated rings. The Morgan fingerprint density at radius 2 is 1.86 bits per heavy atom. The molecule has 2 nitrogen and oxygen atoms in total. The molecule has 0 amide bonds. The first-order valence-corrected chi connectivity index (χ1v) is 5.19. The Kier molecular flexibility index (Phi) is 3.56. The summed E-state index contributed by atoms with van der Waals surface area (Å²) in [6.07, 6.45) is 0. The normalized spacial score (nSPS) is 11.5. The first kappa shape index (κ1) is 11.5. The van der Waals surface area contributed by atoms with Crippen molar-refractivity contribution in [3.8, 4) is 5.75 Å². The Morgan fingerprint density at radius 1 is 1.21 bits per heavy atom. The van der Waals surface area contributed by atoms with E-state index in [1.807, 2.05) is 32.0 Å². The molecule has 78 valence electrons. The molecule has 0 radical (unpaired) electrons. The predicted molar refractivity (Wildman–Crippen MR) is 60.7 cm³/mol. The lowest BCUT2D eigenvalue weighted by molar-refractivity contribution is 0.0173. The number of hydrogen-bond acceptors (Lipinski definition) is 2. The molecule has 0 aliphatic carbocycles. The Bertz CT molecular complexity index is 321. The summed E-state index contributed by atoms with van der Waals surface area (Å²) in [4.78, 5) is 0. The molecule has 0 unspecified atom stereocenters. The van der Waals surface area contributed by atoms with Gasteiger partial charge in [-0.3, -0.25) is 0 Å². The van der Waals surface area contributed by atoms with Gasteiger partial charge in [-0.05, 0) is 26.0 Å². The van der Waals surface area contributed by atoms with Gasteiger partial charge >= 0.3 is 0 Å². The second-order valence-corrected chi connectivity index (χ2v) is 4.47. The first-order valence-electron chi connectivity index (χ1n) is 4.40. The fourth-order valence-corrected chi connectivity index (χ4v) is 1.61. The largest absolute Gasteiger partial charge is 0.496 e. The van der Waals surface area contributed by atoms with Gasteiger partial charge in [0.2, 0.25) is 0 Å². The lowest BCUT2D eigenvalue weighted by Crippen LogP contribution is -2.20. The van der Waals surface area contributed by atoms with Gasteiger partial charge in [-0.25, -0.2) is 0 Å². The topological polar surface area (TPSA) is 18.5 Å². The molecule has 0 N–H and O–H groups in total. The SMILES string of the molecule is COc1cc(Br)ccc1C(C)(C)OC. The maximum absolute atomic E-state index is 5.41. The smallest absolute Gasteiger partial charge is 0.126 e. The zero-order chi connectivity index (χ0) is 10.8. The third-order valence-electron chi connectivity index (χ3n) is 2.32. The molecular formula is C11H15BrO2. The van der Waals surface area contributed by atoms with Crippen molar-refractivity contribution in [1.29, 1.82) is 0 Å². The van der Waals surface area contributed by atoms with Gasteiger partial charge in [0, 0.05) is 17.1 Å². The number of ether oxygens (including phenoxy) is 2. The summed E-state index contributed by atoms with van der Waals surface area (Å²) in [5.74, 6) is 0.839. The fraction of sp³-hybridized carbons (Fsp3) is 0.455. The van der Waals surface area contributed by atoms with Crippen LogP contribution in [0.3, 0.4) is 0 Å².